The number of carbonyl (C=O) groups excluding carboxylic acids is 2. The van der Waals surface area contributed by atoms with Crippen LogP contribution in [0.5, 0.6) is 0 Å². The third kappa shape index (κ3) is 3.11. The second-order valence-corrected chi connectivity index (χ2v) is 8.48. The minimum Gasteiger partial charge on any atom is -0.307 e. The van der Waals surface area contributed by atoms with Crippen LogP contribution < -0.4 is 21.3 Å². The van der Waals surface area contributed by atoms with Gasteiger partial charge in [0.1, 0.15) is 0 Å². The van der Waals surface area contributed by atoms with Crippen molar-refractivity contribution in [3.05, 3.63) is 108 Å². The average Bonchev–Trinajstić information content (AvgIpc) is 3.58. The summed E-state index contributed by atoms with van der Waals surface area (Å²) in [5.74, 6) is 0. The molecule has 2 aromatic carbocycles. The van der Waals surface area contributed by atoms with E-state index in [2.05, 4.69) is 31.5 Å². The molecule has 10 nitrogen and oxygen atoms in total. The first kappa shape index (κ1) is 20.0. The van der Waals surface area contributed by atoms with E-state index in [1.54, 1.807) is 21.8 Å². The van der Waals surface area contributed by atoms with Crippen LogP contribution in [-0.2, 0) is 24.4 Å². The summed E-state index contributed by atoms with van der Waals surface area (Å²) in [4.78, 5) is 25.3. The first-order valence-corrected chi connectivity index (χ1v) is 10.9. The molecule has 4 aromatic rings. The van der Waals surface area contributed by atoms with Gasteiger partial charge in [-0.15, -0.1) is 0 Å². The van der Waals surface area contributed by atoms with E-state index in [1.807, 2.05) is 73.1 Å². The van der Waals surface area contributed by atoms with Crippen LogP contribution in [-0.4, -0.2) is 31.6 Å². The van der Waals surface area contributed by atoms with Gasteiger partial charge in [0.15, 0.2) is 11.3 Å². The predicted molar refractivity (Wildman–Crippen MR) is 122 cm³/mol. The van der Waals surface area contributed by atoms with Crippen molar-refractivity contribution in [3.63, 3.8) is 0 Å². The van der Waals surface area contributed by atoms with Crippen LogP contribution in [0.25, 0.3) is 0 Å². The number of amides is 4. The molecule has 34 heavy (non-hydrogen) atoms. The van der Waals surface area contributed by atoms with E-state index in [0.717, 1.165) is 11.1 Å². The highest BCUT2D eigenvalue weighted by atomic mass is 16.2. The summed E-state index contributed by atoms with van der Waals surface area (Å²) < 4.78 is 3.55. The summed E-state index contributed by atoms with van der Waals surface area (Å²) in [7, 11) is 0. The number of aromatic nitrogens is 4. The molecule has 4 amide bonds. The lowest BCUT2D eigenvalue weighted by atomic mass is 9.86. The van der Waals surface area contributed by atoms with Crippen molar-refractivity contribution in [1.82, 2.24) is 40.8 Å². The van der Waals surface area contributed by atoms with E-state index < -0.39 is 23.4 Å². The zero-order valence-electron chi connectivity index (χ0n) is 18.1. The van der Waals surface area contributed by atoms with Crippen LogP contribution in [0, 0.1) is 0 Å². The van der Waals surface area contributed by atoms with Gasteiger partial charge in [0, 0.05) is 23.5 Å². The molecule has 0 radical (unpaired) electrons. The lowest BCUT2D eigenvalue weighted by molar-refractivity contribution is 0.208. The Bertz CT molecular complexity index is 1240. The number of hydrogen-bond acceptors (Lipinski definition) is 4. The molecule has 0 spiro atoms. The molecular weight excluding hydrogens is 432 g/mol. The van der Waals surface area contributed by atoms with Crippen molar-refractivity contribution in [2.45, 2.75) is 24.4 Å². The first-order chi connectivity index (χ1) is 16.6. The summed E-state index contributed by atoms with van der Waals surface area (Å²) in [6, 6.07) is 19.0. The van der Waals surface area contributed by atoms with Gasteiger partial charge in [-0.1, -0.05) is 60.7 Å². The van der Waals surface area contributed by atoms with E-state index >= 15 is 0 Å². The number of nitrogens with one attached hydrogen (secondary N) is 4. The Morgan fingerprint density at radius 2 is 1.00 bits per heavy atom. The van der Waals surface area contributed by atoms with Crippen molar-refractivity contribution in [3.8, 4) is 0 Å². The molecule has 0 saturated carbocycles. The number of rotatable bonds is 6. The molecule has 10 heteroatoms. The summed E-state index contributed by atoms with van der Waals surface area (Å²) >= 11 is 0. The van der Waals surface area contributed by atoms with Gasteiger partial charge in [-0.05, 0) is 11.1 Å². The van der Waals surface area contributed by atoms with Crippen molar-refractivity contribution in [1.29, 1.82) is 0 Å². The van der Waals surface area contributed by atoms with Crippen LogP contribution in [0.1, 0.15) is 22.3 Å². The van der Waals surface area contributed by atoms with Gasteiger partial charge in [0.2, 0.25) is 0 Å². The van der Waals surface area contributed by atoms with Crippen LogP contribution in [0.2, 0.25) is 0 Å². The monoisotopic (exact) mass is 454 g/mol. The van der Waals surface area contributed by atoms with E-state index in [0.29, 0.717) is 24.2 Å². The molecule has 4 heterocycles. The number of fused-ring (bicyclic) bond motifs is 1. The molecule has 170 valence electrons. The van der Waals surface area contributed by atoms with Crippen LogP contribution in [0.3, 0.4) is 0 Å². The summed E-state index contributed by atoms with van der Waals surface area (Å²) in [5.41, 5.74) is 0.885. The lowest BCUT2D eigenvalue weighted by Gasteiger charge is -2.35. The average molecular weight is 454 g/mol. The third-order valence-electron chi connectivity index (χ3n) is 6.27. The van der Waals surface area contributed by atoms with Crippen molar-refractivity contribution >= 4 is 12.1 Å². The predicted octanol–water partition coefficient (Wildman–Crippen LogP) is 1.81. The normalized spacial score (nSPS) is 23.1. The van der Waals surface area contributed by atoms with Crippen LogP contribution >= 0.6 is 0 Å². The zero-order valence-corrected chi connectivity index (χ0v) is 18.1. The van der Waals surface area contributed by atoms with Gasteiger partial charge in [-0.3, -0.25) is 9.36 Å². The lowest BCUT2D eigenvalue weighted by Crippen LogP contribution is -2.60. The Labute approximate surface area is 195 Å². The second kappa shape index (κ2) is 7.48. The van der Waals surface area contributed by atoms with E-state index in [9.17, 15) is 9.59 Å². The topological polar surface area (TPSA) is 118 Å². The molecule has 2 aromatic heterocycles. The summed E-state index contributed by atoms with van der Waals surface area (Å²) in [6.45, 7) is 1.11. The number of benzene rings is 2. The molecule has 2 fully saturated rings. The minimum absolute atomic E-state index is 0.417. The zero-order chi connectivity index (χ0) is 23.2. The fraction of sp³-hybridized carbons (Fsp3) is 0.167. The third-order valence-corrected chi connectivity index (χ3v) is 6.27. The number of carbonyl (C=O) groups is 2. The fourth-order valence-electron chi connectivity index (χ4n) is 4.73. The van der Waals surface area contributed by atoms with E-state index in [-0.39, 0.29) is 0 Å². The Kier molecular flexibility index (Phi) is 4.41. The molecule has 6 rings (SSSR count). The maximum Gasteiger partial charge on any atom is 0.319 e. The van der Waals surface area contributed by atoms with E-state index in [4.69, 9.17) is 0 Å². The van der Waals surface area contributed by atoms with E-state index in [1.165, 1.54) is 0 Å². The first-order valence-electron chi connectivity index (χ1n) is 10.9. The Morgan fingerprint density at radius 3 is 1.38 bits per heavy atom. The fourth-order valence-corrected chi connectivity index (χ4v) is 4.73. The summed E-state index contributed by atoms with van der Waals surface area (Å²) in [5, 5.41) is 20.6. The molecule has 0 atom stereocenters. The van der Waals surface area contributed by atoms with Gasteiger partial charge in [0.25, 0.3) is 0 Å². The van der Waals surface area contributed by atoms with Crippen molar-refractivity contribution < 1.29 is 9.59 Å². The largest absolute Gasteiger partial charge is 0.319 e. The maximum absolute atomic E-state index is 12.6. The highest BCUT2D eigenvalue weighted by molar-refractivity contribution is 5.89. The van der Waals surface area contributed by atoms with Gasteiger partial charge in [-0.25, -0.2) is 9.59 Å². The van der Waals surface area contributed by atoms with Crippen LogP contribution in [0.4, 0.5) is 9.59 Å². The molecule has 0 aliphatic carbocycles. The molecule has 0 unspecified atom stereocenters. The molecule has 2 aliphatic heterocycles. The van der Waals surface area contributed by atoms with Gasteiger partial charge < -0.3 is 21.3 Å². The molecule has 2 saturated heterocycles. The Morgan fingerprint density at radius 1 is 0.618 bits per heavy atom. The highest BCUT2D eigenvalue weighted by Gasteiger charge is 2.67. The molecule has 4 N–H and O–H groups in total. The minimum atomic E-state index is -1.28. The summed E-state index contributed by atoms with van der Waals surface area (Å²) in [6.07, 6.45) is 6.98. The number of nitrogens with zero attached hydrogens (tertiary/aromatic N) is 4. The van der Waals surface area contributed by atoms with Gasteiger partial charge in [-0.2, -0.15) is 10.2 Å². The smallest absolute Gasteiger partial charge is 0.307 e. The van der Waals surface area contributed by atoms with Gasteiger partial charge >= 0.3 is 12.1 Å². The molecular formula is C24H22N8O2. The Balaban J connectivity index is 1.37. The highest BCUT2D eigenvalue weighted by Crippen LogP contribution is 2.43. The molecule has 2 aliphatic rings. The standard InChI is InChI=1S/C24H22N8O2/c33-21-27-23(19-11-25-31(15-19)13-17-7-3-1-4-8-17)24(29-21,30-22(34)28-23)20-12-26-32(16-20)14-18-9-5-2-6-10-18/h1-12,15-16H,13-14H2,(H2,27,29,33)(H2,28,30,34). The SMILES string of the molecule is O=C1NC2(c3cnn(Cc4ccccc4)c3)NC(=O)NC2(c2cnn(Cc3ccccc3)c2)N1. The quantitative estimate of drug-likeness (QED) is 0.355. The Hall–Kier alpha value is -4.60. The van der Waals surface area contributed by atoms with Crippen molar-refractivity contribution in [2.24, 2.45) is 0 Å². The second-order valence-electron chi connectivity index (χ2n) is 8.48. The van der Waals surface area contributed by atoms with Crippen LogP contribution in [0.15, 0.2) is 85.5 Å². The van der Waals surface area contributed by atoms with Crippen molar-refractivity contribution in [2.75, 3.05) is 0 Å². The molecule has 0 bridgehead atoms. The number of hydrogen-bond donors (Lipinski definition) is 4. The maximum atomic E-state index is 12.6. The number of urea groups is 2. The van der Waals surface area contributed by atoms with Gasteiger partial charge in [0.05, 0.1) is 25.5 Å².